The number of hydrogen-bond acceptors (Lipinski definition) is 5. The van der Waals surface area contributed by atoms with Gasteiger partial charge < -0.3 is 18.8 Å². The SMILES string of the molecule is COc1ccc(C(=O)Cn2ccc3cc(OC(C)C)ccc3c2=O)c(OC)c1. The van der Waals surface area contributed by atoms with E-state index in [0.29, 0.717) is 28.2 Å². The first-order valence-corrected chi connectivity index (χ1v) is 8.98. The molecule has 1 aromatic heterocycles. The number of benzene rings is 2. The summed E-state index contributed by atoms with van der Waals surface area (Å²) in [5.74, 6) is 1.49. The maximum atomic E-state index is 12.8. The summed E-state index contributed by atoms with van der Waals surface area (Å²) in [6.07, 6.45) is 1.67. The van der Waals surface area contributed by atoms with Crippen molar-refractivity contribution in [3.63, 3.8) is 0 Å². The second-order valence-corrected chi connectivity index (χ2v) is 6.65. The van der Waals surface area contributed by atoms with Crippen LogP contribution in [0.1, 0.15) is 24.2 Å². The van der Waals surface area contributed by atoms with E-state index < -0.39 is 0 Å². The highest BCUT2D eigenvalue weighted by atomic mass is 16.5. The van der Waals surface area contributed by atoms with Gasteiger partial charge in [-0.05, 0) is 55.6 Å². The molecule has 0 spiro atoms. The van der Waals surface area contributed by atoms with Crippen molar-refractivity contribution in [3.05, 3.63) is 64.6 Å². The lowest BCUT2D eigenvalue weighted by molar-refractivity contribution is 0.0968. The molecule has 3 aromatic rings. The Morgan fingerprint density at radius 3 is 2.43 bits per heavy atom. The first kappa shape index (κ1) is 19.5. The molecule has 0 fully saturated rings. The predicted octanol–water partition coefficient (Wildman–Crippen LogP) is 3.69. The minimum absolute atomic E-state index is 0.0509. The maximum Gasteiger partial charge on any atom is 0.258 e. The Morgan fingerprint density at radius 2 is 1.75 bits per heavy atom. The lowest BCUT2D eigenvalue weighted by Gasteiger charge is -2.12. The van der Waals surface area contributed by atoms with Crippen LogP contribution in [0.5, 0.6) is 17.2 Å². The summed E-state index contributed by atoms with van der Waals surface area (Å²) in [4.78, 5) is 25.6. The van der Waals surface area contributed by atoms with E-state index in [-0.39, 0.29) is 24.0 Å². The number of ketones is 1. The largest absolute Gasteiger partial charge is 0.497 e. The van der Waals surface area contributed by atoms with Gasteiger partial charge in [0.1, 0.15) is 17.2 Å². The van der Waals surface area contributed by atoms with E-state index in [0.717, 1.165) is 5.39 Å². The number of Topliss-reactive ketones (excluding diaryl/α,β-unsaturated/α-hetero) is 1. The van der Waals surface area contributed by atoms with Crippen LogP contribution in [-0.4, -0.2) is 30.7 Å². The van der Waals surface area contributed by atoms with Gasteiger partial charge in [0.25, 0.3) is 5.56 Å². The van der Waals surface area contributed by atoms with Gasteiger partial charge >= 0.3 is 0 Å². The molecule has 0 aliphatic carbocycles. The third-order valence-electron chi connectivity index (χ3n) is 4.34. The smallest absolute Gasteiger partial charge is 0.258 e. The lowest BCUT2D eigenvalue weighted by Crippen LogP contribution is -2.24. The molecule has 0 saturated carbocycles. The maximum absolute atomic E-state index is 12.8. The van der Waals surface area contributed by atoms with Crippen LogP contribution in [0, 0.1) is 0 Å². The van der Waals surface area contributed by atoms with Crippen molar-refractivity contribution in [1.29, 1.82) is 0 Å². The molecule has 2 aromatic carbocycles. The highest BCUT2D eigenvalue weighted by Gasteiger charge is 2.15. The van der Waals surface area contributed by atoms with E-state index >= 15 is 0 Å². The first-order chi connectivity index (χ1) is 13.4. The quantitative estimate of drug-likeness (QED) is 0.584. The van der Waals surface area contributed by atoms with E-state index in [1.807, 2.05) is 26.0 Å². The second kappa shape index (κ2) is 8.17. The number of pyridine rings is 1. The number of hydrogen-bond donors (Lipinski definition) is 0. The number of ether oxygens (including phenoxy) is 3. The van der Waals surface area contributed by atoms with Crippen LogP contribution < -0.4 is 19.8 Å². The van der Waals surface area contributed by atoms with Gasteiger partial charge in [0.05, 0.1) is 32.4 Å². The van der Waals surface area contributed by atoms with Crippen LogP contribution in [0.15, 0.2) is 53.5 Å². The molecule has 0 unspecified atom stereocenters. The summed E-state index contributed by atoms with van der Waals surface area (Å²) in [7, 11) is 3.03. The standard InChI is InChI=1S/C22H23NO5/c1-14(2)28-17-6-7-18-15(11-17)9-10-23(22(18)25)13-20(24)19-8-5-16(26-3)12-21(19)27-4/h5-12,14H,13H2,1-4H3. The number of carbonyl (C=O) groups excluding carboxylic acids is 1. The Morgan fingerprint density at radius 1 is 1.00 bits per heavy atom. The van der Waals surface area contributed by atoms with Crippen LogP contribution in [-0.2, 0) is 6.54 Å². The monoisotopic (exact) mass is 381 g/mol. The van der Waals surface area contributed by atoms with Crippen molar-refractivity contribution in [2.75, 3.05) is 14.2 Å². The fraction of sp³-hybridized carbons (Fsp3) is 0.273. The second-order valence-electron chi connectivity index (χ2n) is 6.65. The molecule has 0 radical (unpaired) electrons. The molecule has 1 heterocycles. The van der Waals surface area contributed by atoms with Crippen molar-refractivity contribution in [2.45, 2.75) is 26.5 Å². The van der Waals surface area contributed by atoms with Crippen LogP contribution in [0.3, 0.4) is 0 Å². The van der Waals surface area contributed by atoms with E-state index in [9.17, 15) is 9.59 Å². The Balaban J connectivity index is 1.91. The molecule has 0 saturated heterocycles. The molecule has 28 heavy (non-hydrogen) atoms. The minimum atomic E-state index is -0.227. The normalized spacial score (nSPS) is 10.9. The zero-order valence-electron chi connectivity index (χ0n) is 16.4. The molecule has 0 aliphatic rings. The van der Waals surface area contributed by atoms with E-state index in [2.05, 4.69) is 0 Å². The van der Waals surface area contributed by atoms with Crippen molar-refractivity contribution in [2.24, 2.45) is 0 Å². The summed E-state index contributed by atoms with van der Waals surface area (Å²) in [5.41, 5.74) is 0.172. The third-order valence-corrected chi connectivity index (χ3v) is 4.34. The van der Waals surface area contributed by atoms with Gasteiger partial charge in [0.2, 0.25) is 0 Å². The molecule has 3 rings (SSSR count). The van der Waals surface area contributed by atoms with Gasteiger partial charge in [-0.25, -0.2) is 0 Å². The number of methoxy groups -OCH3 is 2. The fourth-order valence-electron chi connectivity index (χ4n) is 3.00. The van der Waals surface area contributed by atoms with Gasteiger partial charge in [-0.3, -0.25) is 9.59 Å². The van der Waals surface area contributed by atoms with Gasteiger partial charge in [0, 0.05) is 17.6 Å². The van der Waals surface area contributed by atoms with E-state index in [1.54, 1.807) is 43.6 Å². The average molecular weight is 381 g/mol. The number of aromatic nitrogens is 1. The fourth-order valence-corrected chi connectivity index (χ4v) is 3.00. The zero-order valence-corrected chi connectivity index (χ0v) is 16.4. The summed E-state index contributed by atoms with van der Waals surface area (Å²) >= 11 is 0. The molecule has 6 heteroatoms. The molecule has 6 nitrogen and oxygen atoms in total. The average Bonchev–Trinajstić information content (AvgIpc) is 2.69. The molecule has 0 amide bonds. The van der Waals surface area contributed by atoms with Gasteiger partial charge in [-0.15, -0.1) is 0 Å². The van der Waals surface area contributed by atoms with Crippen LogP contribution in [0.4, 0.5) is 0 Å². The molecule has 0 bridgehead atoms. The molecule has 0 aliphatic heterocycles. The summed E-state index contributed by atoms with van der Waals surface area (Å²) in [6, 6.07) is 12.1. The highest BCUT2D eigenvalue weighted by Crippen LogP contribution is 2.25. The molecular formula is C22H23NO5. The minimum Gasteiger partial charge on any atom is -0.497 e. The Kier molecular flexibility index (Phi) is 5.68. The predicted molar refractivity (Wildman–Crippen MR) is 108 cm³/mol. The summed E-state index contributed by atoms with van der Waals surface area (Å²) in [5, 5.41) is 1.31. The Labute approximate surface area is 163 Å². The summed E-state index contributed by atoms with van der Waals surface area (Å²) in [6.45, 7) is 3.81. The van der Waals surface area contributed by atoms with Crippen molar-refractivity contribution in [3.8, 4) is 17.2 Å². The van der Waals surface area contributed by atoms with Crippen LogP contribution in [0.2, 0.25) is 0 Å². The van der Waals surface area contributed by atoms with Gasteiger partial charge in [0.15, 0.2) is 5.78 Å². The molecule has 0 atom stereocenters. The van der Waals surface area contributed by atoms with Crippen LogP contribution >= 0.6 is 0 Å². The van der Waals surface area contributed by atoms with Gasteiger partial charge in [-0.2, -0.15) is 0 Å². The van der Waals surface area contributed by atoms with Crippen molar-refractivity contribution in [1.82, 2.24) is 4.57 Å². The zero-order chi connectivity index (χ0) is 20.3. The van der Waals surface area contributed by atoms with Crippen molar-refractivity contribution >= 4 is 16.6 Å². The third kappa shape index (κ3) is 4.01. The first-order valence-electron chi connectivity index (χ1n) is 8.98. The van der Waals surface area contributed by atoms with Crippen LogP contribution in [0.25, 0.3) is 10.8 Å². The summed E-state index contributed by atoms with van der Waals surface area (Å²) < 4.78 is 17.5. The number of rotatable bonds is 7. The van der Waals surface area contributed by atoms with Crippen molar-refractivity contribution < 1.29 is 19.0 Å². The number of carbonyl (C=O) groups is 1. The van der Waals surface area contributed by atoms with E-state index in [1.165, 1.54) is 11.7 Å². The number of fused-ring (bicyclic) bond motifs is 1. The highest BCUT2D eigenvalue weighted by molar-refractivity contribution is 5.99. The Bertz CT molecular complexity index is 1070. The number of nitrogens with zero attached hydrogens (tertiary/aromatic N) is 1. The van der Waals surface area contributed by atoms with E-state index in [4.69, 9.17) is 14.2 Å². The lowest BCUT2D eigenvalue weighted by atomic mass is 10.1. The van der Waals surface area contributed by atoms with Gasteiger partial charge in [-0.1, -0.05) is 0 Å². The molecular weight excluding hydrogens is 358 g/mol. The topological polar surface area (TPSA) is 66.8 Å². The molecule has 146 valence electrons. The Hall–Kier alpha value is -3.28. The molecule has 0 N–H and O–H groups in total.